The van der Waals surface area contributed by atoms with Crippen LogP contribution in [0.1, 0.15) is 43.0 Å². The Balaban J connectivity index is 1.67. The van der Waals surface area contributed by atoms with Crippen LogP contribution in [0.4, 0.5) is 0 Å². The van der Waals surface area contributed by atoms with Gasteiger partial charge in [-0.25, -0.2) is 0 Å². The molecule has 0 amide bonds. The second-order valence-electron chi connectivity index (χ2n) is 5.68. The van der Waals surface area contributed by atoms with E-state index in [9.17, 15) is 4.79 Å². The summed E-state index contributed by atoms with van der Waals surface area (Å²) in [6.45, 7) is 2.36. The van der Waals surface area contributed by atoms with Gasteiger partial charge < -0.3 is 9.15 Å². The van der Waals surface area contributed by atoms with Gasteiger partial charge in [-0.1, -0.05) is 38.0 Å². The number of hydrogen-bond donors (Lipinski definition) is 0. The average molecular weight is 272 g/mol. The van der Waals surface area contributed by atoms with Gasteiger partial charge in [0.2, 0.25) is 0 Å². The van der Waals surface area contributed by atoms with Crippen LogP contribution < -0.4 is 0 Å². The Kier molecular flexibility index (Phi) is 3.88. The summed E-state index contributed by atoms with van der Waals surface area (Å²) in [5.41, 5.74) is 1.38. The molecule has 3 rings (SSSR count). The number of furan rings is 1. The van der Waals surface area contributed by atoms with Crippen molar-refractivity contribution in [1.29, 1.82) is 0 Å². The molecule has 0 radical (unpaired) electrons. The van der Waals surface area contributed by atoms with E-state index in [0.29, 0.717) is 11.5 Å². The number of fused-ring (bicyclic) bond motifs is 1. The molecule has 2 aromatic rings. The number of ether oxygens (including phenoxy) is 1. The van der Waals surface area contributed by atoms with Crippen LogP contribution in [0, 0.1) is 5.92 Å². The summed E-state index contributed by atoms with van der Waals surface area (Å²) in [5.74, 6) is 0.561. The Labute approximate surface area is 118 Å². The molecule has 0 N–H and O–H groups in total. The minimum atomic E-state index is 0.00715. The maximum absolute atomic E-state index is 12.3. The smallest absolute Gasteiger partial charge is 0.192 e. The van der Waals surface area contributed by atoms with Crippen LogP contribution >= 0.6 is 0 Å². The van der Waals surface area contributed by atoms with Crippen LogP contribution in [0.3, 0.4) is 0 Å². The van der Waals surface area contributed by atoms with Gasteiger partial charge in [0.25, 0.3) is 0 Å². The van der Waals surface area contributed by atoms with Crippen molar-refractivity contribution in [1.82, 2.24) is 0 Å². The maximum atomic E-state index is 12.3. The molecule has 0 saturated heterocycles. The Morgan fingerprint density at radius 1 is 1.30 bits per heavy atom. The lowest BCUT2D eigenvalue weighted by Crippen LogP contribution is -2.27. The highest BCUT2D eigenvalue weighted by Crippen LogP contribution is 2.27. The number of benzene rings is 1. The van der Waals surface area contributed by atoms with Gasteiger partial charge in [0, 0.05) is 5.39 Å². The molecule has 1 saturated carbocycles. The van der Waals surface area contributed by atoms with E-state index in [1.54, 1.807) is 6.26 Å². The van der Waals surface area contributed by atoms with Crippen LogP contribution in [0.15, 0.2) is 34.9 Å². The second kappa shape index (κ2) is 5.80. The summed E-state index contributed by atoms with van der Waals surface area (Å²) in [5, 5.41) is 0.873. The predicted molar refractivity (Wildman–Crippen MR) is 77.9 cm³/mol. The minimum Gasteiger partial charge on any atom is -0.464 e. The first-order chi connectivity index (χ1) is 9.75. The normalized spacial score (nSPS) is 23.1. The molecule has 0 bridgehead atoms. The Morgan fingerprint density at radius 2 is 2.10 bits per heavy atom. The molecule has 1 aliphatic rings. The van der Waals surface area contributed by atoms with Gasteiger partial charge in [-0.2, -0.15) is 0 Å². The number of ketones is 1. The topological polar surface area (TPSA) is 39.4 Å². The van der Waals surface area contributed by atoms with Crippen molar-refractivity contribution in [2.24, 2.45) is 5.92 Å². The number of Topliss-reactive ketones (excluding diaryl/α,β-unsaturated/α-hetero) is 1. The molecule has 0 spiro atoms. The molecule has 1 heterocycles. The molecule has 1 aromatic heterocycles. The number of hydrogen-bond acceptors (Lipinski definition) is 3. The number of carbonyl (C=O) groups excluding carboxylic acids is 1. The Bertz CT molecular complexity index is 599. The fourth-order valence-corrected chi connectivity index (χ4v) is 2.98. The summed E-state index contributed by atoms with van der Waals surface area (Å²) in [7, 11) is 0. The lowest BCUT2D eigenvalue weighted by atomic mass is 9.88. The highest BCUT2D eigenvalue weighted by molar-refractivity contribution is 6.07. The Morgan fingerprint density at radius 3 is 2.95 bits per heavy atom. The van der Waals surface area contributed by atoms with Crippen LogP contribution in [-0.2, 0) is 4.74 Å². The quantitative estimate of drug-likeness (QED) is 0.783. The fourth-order valence-electron chi connectivity index (χ4n) is 2.98. The van der Waals surface area contributed by atoms with Crippen LogP contribution in [0.25, 0.3) is 11.0 Å². The van der Waals surface area contributed by atoms with E-state index < -0.39 is 0 Å². The van der Waals surface area contributed by atoms with Crippen molar-refractivity contribution in [3.05, 3.63) is 36.1 Å². The first kappa shape index (κ1) is 13.4. The molecule has 1 aliphatic carbocycles. The molecule has 0 aliphatic heterocycles. The minimum absolute atomic E-state index is 0.00715. The number of para-hydroxylation sites is 1. The van der Waals surface area contributed by atoms with Crippen LogP contribution in [0.2, 0.25) is 0 Å². The average Bonchev–Trinajstić information content (AvgIpc) is 2.90. The highest BCUT2D eigenvalue weighted by atomic mass is 16.5. The standard InChI is InChI=1S/C17H20O3/c1-12-6-2-4-8-16(12)20-11-15(18)14-10-19-17-9-5-3-7-13(14)17/h3,5,7,9-10,12,16H,2,4,6,8,11H2,1H3. The Hall–Kier alpha value is -1.61. The molecule has 1 aromatic carbocycles. The van der Waals surface area contributed by atoms with Crippen molar-refractivity contribution in [3.8, 4) is 0 Å². The van der Waals surface area contributed by atoms with Gasteiger partial charge in [-0.15, -0.1) is 0 Å². The monoisotopic (exact) mass is 272 g/mol. The van der Waals surface area contributed by atoms with Crippen LogP contribution in [0.5, 0.6) is 0 Å². The first-order valence-electron chi connectivity index (χ1n) is 7.37. The van der Waals surface area contributed by atoms with E-state index in [2.05, 4.69) is 6.92 Å². The largest absolute Gasteiger partial charge is 0.464 e. The molecule has 106 valence electrons. The van der Waals surface area contributed by atoms with Gasteiger partial charge in [-0.3, -0.25) is 4.79 Å². The van der Waals surface area contributed by atoms with Gasteiger partial charge in [0.1, 0.15) is 18.5 Å². The fraction of sp³-hybridized carbons (Fsp3) is 0.471. The van der Waals surface area contributed by atoms with Crippen molar-refractivity contribution in [2.45, 2.75) is 38.7 Å². The van der Waals surface area contributed by atoms with Crippen molar-refractivity contribution in [2.75, 3.05) is 6.61 Å². The highest BCUT2D eigenvalue weighted by Gasteiger charge is 2.23. The molecule has 1 fully saturated rings. The van der Waals surface area contributed by atoms with Crippen LogP contribution in [-0.4, -0.2) is 18.5 Å². The van der Waals surface area contributed by atoms with Crippen molar-refractivity contribution >= 4 is 16.8 Å². The first-order valence-corrected chi connectivity index (χ1v) is 7.37. The van der Waals surface area contributed by atoms with E-state index in [1.165, 1.54) is 19.3 Å². The molecule has 3 heteroatoms. The summed E-state index contributed by atoms with van der Waals surface area (Å²) >= 11 is 0. The summed E-state index contributed by atoms with van der Waals surface area (Å²) in [6, 6.07) is 7.60. The SMILES string of the molecule is CC1CCCCC1OCC(=O)c1coc2ccccc12. The van der Waals surface area contributed by atoms with E-state index >= 15 is 0 Å². The van der Waals surface area contributed by atoms with E-state index in [-0.39, 0.29) is 18.5 Å². The zero-order valence-electron chi connectivity index (χ0n) is 11.8. The molecule has 2 atom stereocenters. The predicted octanol–water partition coefficient (Wildman–Crippen LogP) is 4.21. The third-order valence-electron chi connectivity index (χ3n) is 4.24. The molecule has 20 heavy (non-hydrogen) atoms. The van der Waals surface area contributed by atoms with Gasteiger partial charge in [-0.05, 0) is 24.8 Å². The summed E-state index contributed by atoms with van der Waals surface area (Å²) in [4.78, 5) is 12.3. The molecule has 2 unspecified atom stereocenters. The molecular formula is C17H20O3. The third-order valence-corrected chi connectivity index (χ3v) is 4.24. The van der Waals surface area contributed by atoms with Crippen molar-refractivity contribution in [3.63, 3.8) is 0 Å². The second-order valence-corrected chi connectivity index (χ2v) is 5.68. The van der Waals surface area contributed by atoms with Gasteiger partial charge in [0.15, 0.2) is 5.78 Å². The van der Waals surface area contributed by atoms with E-state index in [1.807, 2.05) is 24.3 Å². The van der Waals surface area contributed by atoms with Gasteiger partial charge in [0.05, 0.1) is 11.7 Å². The lowest BCUT2D eigenvalue weighted by molar-refractivity contribution is 0.000779. The van der Waals surface area contributed by atoms with Crippen molar-refractivity contribution < 1.29 is 13.9 Å². The molecule has 3 nitrogen and oxygen atoms in total. The number of rotatable bonds is 4. The zero-order valence-corrected chi connectivity index (χ0v) is 11.8. The summed E-state index contributed by atoms with van der Waals surface area (Å²) < 4.78 is 11.2. The summed E-state index contributed by atoms with van der Waals surface area (Å²) in [6.07, 6.45) is 6.53. The molecular weight excluding hydrogens is 252 g/mol. The zero-order chi connectivity index (χ0) is 13.9. The third kappa shape index (κ3) is 2.63. The van der Waals surface area contributed by atoms with E-state index in [4.69, 9.17) is 9.15 Å². The lowest BCUT2D eigenvalue weighted by Gasteiger charge is -2.28. The van der Waals surface area contributed by atoms with E-state index in [0.717, 1.165) is 17.4 Å². The number of carbonyl (C=O) groups is 1. The van der Waals surface area contributed by atoms with Gasteiger partial charge >= 0.3 is 0 Å². The maximum Gasteiger partial charge on any atom is 0.192 e.